The average molecular weight is 243 g/mol. The fourth-order valence-corrected chi connectivity index (χ4v) is 0.504. The van der Waals surface area contributed by atoms with Crippen LogP contribution in [-0.4, -0.2) is 24.5 Å². The van der Waals surface area contributed by atoms with Crippen LogP contribution in [0.15, 0.2) is 25.0 Å². The molecule has 0 aromatic carbocycles. The predicted octanol–water partition coefficient (Wildman–Crippen LogP) is -0.0613. The average Bonchev–Trinajstić information content (AvgIpc) is 2.24. The zero-order valence-corrected chi connectivity index (χ0v) is 9.80. The number of hydrogen-bond donors (Lipinski definition) is 0. The molecule has 0 saturated heterocycles. The Hall–Kier alpha value is -2.11. The summed E-state index contributed by atoms with van der Waals surface area (Å²) in [7, 11) is 0. The summed E-state index contributed by atoms with van der Waals surface area (Å²) in [6, 6.07) is 0. The normalized spacial score (nSPS) is 8.82. The quantitative estimate of drug-likeness (QED) is 0.381. The van der Waals surface area contributed by atoms with E-state index in [0.29, 0.717) is 19.1 Å². The summed E-state index contributed by atoms with van der Waals surface area (Å²) in [5, 5.41) is 9.77. The van der Waals surface area contributed by atoms with Crippen molar-refractivity contribution in [3.63, 3.8) is 0 Å². The van der Waals surface area contributed by atoms with Crippen LogP contribution < -0.4 is 5.11 Å². The topological polar surface area (TPSA) is 92.7 Å². The molecule has 0 aliphatic heterocycles. The lowest BCUT2D eigenvalue weighted by Gasteiger charge is -1.96. The molecule has 0 N–H and O–H groups in total. The summed E-state index contributed by atoms with van der Waals surface area (Å²) >= 11 is 0. The highest BCUT2D eigenvalue weighted by atomic mass is 16.5. The molecule has 6 heteroatoms. The highest BCUT2D eigenvalue weighted by Crippen LogP contribution is 1.83. The molecule has 0 amide bonds. The van der Waals surface area contributed by atoms with Gasteiger partial charge in [0.25, 0.3) is 0 Å². The number of hydrogen-bond acceptors (Lipinski definition) is 6. The molecule has 0 rings (SSSR count). The van der Waals surface area contributed by atoms with E-state index in [9.17, 15) is 19.5 Å². The van der Waals surface area contributed by atoms with E-state index in [1.807, 2.05) is 6.92 Å². The van der Waals surface area contributed by atoms with E-state index in [2.05, 4.69) is 16.1 Å². The number of carboxylic acids is 1. The van der Waals surface area contributed by atoms with Crippen molar-refractivity contribution in [1.29, 1.82) is 0 Å². The molecule has 0 aliphatic rings. The van der Waals surface area contributed by atoms with Crippen molar-refractivity contribution >= 4 is 17.9 Å². The van der Waals surface area contributed by atoms with Crippen molar-refractivity contribution < 1.29 is 29.0 Å². The third-order valence-corrected chi connectivity index (χ3v) is 1.05. The second kappa shape index (κ2) is 12.0. The molecule has 0 aliphatic carbocycles. The molecule has 0 saturated carbocycles. The van der Waals surface area contributed by atoms with Gasteiger partial charge in [-0.05, 0) is 12.5 Å². The zero-order chi connectivity index (χ0) is 13.7. The number of carbonyl (C=O) groups excluding carboxylic acids is 3. The van der Waals surface area contributed by atoms with Crippen LogP contribution in [0.1, 0.15) is 20.3 Å². The Balaban J connectivity index is 0. The molecule has 0 radical (unpaired) electrons. The Morgan fingerprint density at radius 1 is 1.29 bits per heavy atom. The lowest BCUT2D eigenvalue weighted by atomic mass is 10.5. The van der Waals surface area contributed by atoms with Crippen molar-refractivity contribution in [1.82, 2.24) is 0 Å². The first-order valence-corrected chi connectivity index (χ1v) is 4.78. The summed E-state index contributed by atoms with van der Waals surface area (Å²) in [5.41, 5.74) is 0. The fraction of sp³-hybridized carbons (Fsp3) is 0.364. The molecule has 6 nitrogen and oxygen atoms in total. The molecule has 17 heavy (non-hydrogen) atoms. The second-order valence-corrected chi connectivity index (χ2v) is 2.60. The van der Waals surface area contributed by atoms with Gasteiger partial charge in [-0.2, -0.15) is 0 Å². The minimum Gasteiger partial charge on any atom is -0.545 e. The Labute approximate surface area is 99.5 Å². The van der Waals surface area contributed by atoms with Crippen LogP contribution in [0.2, 0.25) is 0 Å². The Morgan fingerprint density at radius 2 is 1.88 bits per heavy atom. The van der Waals surface area contributed by atoms with Gasteiger partial charge < -0.3 is 19.4 Å². The number of carboxylic acid groups (broad SMARTS) is 1. The fourth-order valence-electron chi connectivity index (χ4n) is 0.504. The number of rotatable bonds is 5. The lowest BCUT2D eigenvalue weighted by Crippen LogP contribution is -2.19. The van der Waals surface area contributed by atoms with Crippen molar-refractivity contribution in [2.75, 3.05) is 6.61 Å². The van der Waals surface area contributed by atoms with E-state index in [1.54, 1.807) is 0 Å². The lowest BCUT2D eigenvalue weighted by molar-refractivity contribution is -0.297. The van der Waals surface area contributed by atoms with Crippen LogP contribution >= 0.6 is 0 Å². The number of esters is 2. The molecule has 0 aromatic heterocycles. The van der Waals surface area contributed by atoms with Gasteiger partial charge in [0.2, 0.25) is 0 Å². The third-order valence-electron chi connectivity index (χ3n) is 1.05. The van der Waals surface area contributed by atoms with E-state index >= 15 is 0 Å². The Morgan fingerprint density at radius 3 is 2.18 bits per heavy atom. The third kappa shape index (κ3) is 20.1. The van der Waals surface area contributed by atoms with E-state index in [1.165, 1.54) is 6.92 Å². The molecule has 0 fully saturated rings. The maximum absolute atomic E-state index is 10.5. The van der Waals surface area contributed by atoms with Gasteiger partial charge in [0.1, 0.15) is 0 Å². The predicted molar refractivity (Wildman–Crippen MR) is 57.4 cm³/mol. The Kier molecular flexibility index (Phi) is 12.2. The molecule has 0 spiro atoms. The van der Waals surface area contributed by atoms with Gasteiger partial charge in [0, 0.05) is 13.0 Å². The van der Waals surface area contributed by atoms with Gasteiger partial charge in [0.05, 0.1) is 18.8 Å². The van der Waals surface area contributed by atoms with Crippen LogP contribution in [0, 0.1) is 0 Å². The van der Waals surface area contributed by atoms with Crippen LogP contribution in [0.3, 0.4) is 0 Å². The molecule has 96 valence electrons. The van der Waals surface area contributed by atoms with E-state index < -0.39 is 11.9 Å². The maximum atomic E-state index is 10.5. The number of ether oxygens (including phenoxy) is 2. The summed E-state index contributed by atoms with van der Waals surface area (Å²) in [5.74, 6) is -2.39. The van der Waals surface area contributed by atoms with E-state index in [0.717, 1.165) is 12.3 Å². The van der Waals surface area contributed by atoms with Crippen molar-refractivity contribution in [3.05, 3.63) is 25.0 Å². The van der Waals surface area contributed by atoms with Crippen molar-refractivity contribution in [3.8, 4) is 0 Å². The first kappa shape index (κ1) is 17.3. The molecule has 0 aromatic rings. The number of carbonyl (C=O) groups is 3. The SMILES string of the molecule is C=COC(C)=O.CCCOC(=O)/C=C\C(=O)[O-]. The monoisotopic (exact) mass is 243 g/mol. The standard InChI is InChI=1S/C7H10O4.C4H6O2/c1-2-5-11-7(10)4-3-6(8)9;1-3-6-4(2)5/h3-4H,2,5H2,1H3,(H,8,9);3H,1H2,2H3/p-1/b4-3-;. The van der Waals surface area contributed by atoms with Crippen LogP contribution in [-0.2, 0) is 23.9 Å². The summed E-state index contributed by atoms with van der Waals surface area (Å²) in [4.78, 5) is 30.0. The first-order chi connectivity index (χ1) is 7.93. The molecule has 0 heterocycles. The van der Waals surface area contributed by atoms with Gasteiger partial charge in [-0.1, -0.05) is 13.5 Å². The highest BCUT2D eigenvalue weighted by Gasteiger charge is 1.92. The van der Waals surface area contributed by atoms with Crippen molar-refractivity contribution in [2.24, 2.45) is 0 Å². The van der Waals surface area contributed by atoms with Gasteiger partial charge in [-0.15, -0.1) is 0 Å². The highest BCUT2D eigenvalue weighted by molar-refractivity contribution is 5.89. The minimum absolute atomic E-state index is 0.302. The van der Waals surface area contributed by atoms with Gasteiger partial charge >= 0.3 is 11.9 Å². The van der Waals surface area contributed by atoms with Gasteiger partial charge in [0.15, 0.2) is 0 Å². The minimum atomic E-state index is -1.40. The zero-order valence-electron chi connectivity index (χ0n) is 9.80. The molecule has 0 atom stereocenters. The van der Waals surface area contributed by atoms with E-state index in [4.69, 9.17) is 0 Å². The Bertz CT molecular complexity index is 292. The molecule has 0 unspecified atom stereocenters. The number of aliphatic carboxylic acids is 1. The van der Waals surface area contributed by atoms with Crippen LogP contribution in [0.25, 0.3) is 0 Å². The molecular formula is C11H15O6-. The van der Waals surface area contributed by atoms with Crippen LogP contribution in [0.4, 0.5) is 0 Å². The summed E-state index contributed by atoms with van der Waals surface area (Å²) < 4.78 is 8.69. The van der Waals surface area contributed by atoms with Gasteiger partial charge in [-0.3, -0.25) is 4.79 Å². The van der Waals surface area contributed by atoms with E-state index in [-0.39, 0.29) is 5.97 Å². The summed E-state index contributed by atoms with van der Waals surface area (Å²) in [6.45, 7) is 6.62. The largest absolute Gasteiger partial charge is 0.545 e. The van der Waals surface area contributed by atoms with Gasteiger partial charge in [-0.25, -0.2) is 4.79 Å². The molecular weight excluding hydrogens is 228 g/mol. The maximum Gasteiger partial charge on any atom is 0.330 e. The smallest absolute Gasteiger partial charge is 0.330 e. The van der Waals surface area contributed by atoms with Crippen molar-refractivity contribution in [2.45, 2.75) is 20.3 Å². The first-order valence-electron chi connectivity index (χ1n) is 4.78. The second-order valence-electron chi connectivity index (χ2n) is 2.60. The molecule has 0 bridgehead atoms. The van der Waals surface area contributed by atoms with Crippen LogP contribution in [0.5, 0.6) is 0 Å². The summed E-state index contributed by atoms with van der Waals surface area (Å²) in [6.07, 6.45) is 3.27.